The normalized spacial score (nSPS) is 17.4. The molecule has 4 heterocycles. The fourth-order valence-electron chi connectivity index (χ4n) is 4.26. The van der Waals surface area contributed by atoms with E-state index in [1.165, 1.54) is 6.42 Å². The van der Waals surface area contributed by atoms with Crippen LogP contribution in [-0.4, -0.2) is 49.2 Å². The van der Waals surface area contributed by atoms with E-state index in [1.807, 2.05) is 55.0 Å². The summed E-state index contributed by atoms with van der Waals surface area (Å²) in [5, 5.41) is 4.44. The lowest BCUT2D eigenvalue weighted by molar-refractivity contribution is 0.193. The van der Waals surface area contributed by atoms with E-state index < -0.39 is 0 Å². The highest BCUT2D eigenvalue weighted by atomic mass is 16.1. The summed E-state index contributed by atoms with van der Waals surface area (Å²) in [5.41, 5.74) is 3.99. The summed E-state index contributed by atoms with van der Waals surface area (Å²) in [7, 11) is 2.14. The molecule has 152 valence electrons. The molecule has 7 nitrogen and oxygen atoms in total. The van der Waals surface area contributed by atoms with Crippen molar-refractivity contribution < 1.29 is 0 Å². The second-order valence-electron chi connectivity index (χ2n) is 8.05. The summed E-state index contributed by atoms with van der Waals surface area (Å²) in [6.07, 6.45) is 9.63. The Hall–Kier alpha value is -3.32. The Morgan fingerprint density at radius 2 is 1.97 bits per heavy atom. The van der Waals surface area contributed by atoms with Gasteiger partial charge in [-0.1, -0.05) is 30.3 Å². The number of hydrogen-bond acceptors (Lipinski definition) is 5. The smallest absolute Gasteiger partial charge is 0.306 e. The Labute approximate surface area is 174 Å². The second-order valence-corrected chi connectivity index (χ2v) is 8.05. The van der Waals surface area contributed by atoms with Crippen LogP contribution in [0.25, 0.3) is 28.0 Å². The van der Waals surface area contributed by atoms with Gasteiger partial charge in [-0.05, 0) is 44.0 Å². The van der Waals surface area contributed by atoms with Crippen molar-refractivity contribution in [3.8, 4) is 22.4 Å². The number of aromatic nitrogens is 5. The molecular formula is C23H24N6O. The van der Waals surface area contributed by atoms with E-state index in [-0.39, 0.29) is 5.69 Å². The molecule has 0 spiro atoms. The molecule has 1 unspecified atom stereocenters. The third kappa shape index (κ3) is 3.64. The van der Waals surface area contributed by atoms with Crippen molar-refractivity contribution in [1.82, 2.24) is 29.0 Å². The first kappa shape index (κ1) is 18.7. The lowest BCUT2D eigenvalue weighted by Crippen LogP contribution is -2.36. The number of likely N-dealkylation sites (tertiary alicyclic amines) is 1. The summed E-state index contributed by atoms with van der Waals surface area (Å²) in [6, 6.07) is 11.9. The third-order valence-electron chi connectivity index (χ3n) is 5.79. The van der Waals surface area contributed by atoms with Crippen LogP contribution >= 0.6 is 0 Å². The lowest BCUT2D eigenvalue weighted by atomic mass is 9.98. The van der Waals surface area contributed by atoms with E-state index in [0.717, 1.165) is 41.8 Å². The van der Waals surface area contributed by atoms with Crippen LogP contribution in [-0.2, 0) is 6.54 Å². The molecule has 0 aliphatic carbocycles. The molecule has 5 rings (SSSR count). The zero-order valence-electron chi connectivity index (χ0n) is 17.0. The fourth-order valence-corrected chi connectivity index (χ4v) is 4.26. The Bertz CT molecular complexity index is 1230. The molecule has 7 heteroatoms. The molecule has 1 aliphatic rings. The standard InChI is InChI=1S/C23H24N6O/c1-27-10-5-6-17(14-27)15-28-11-9-21(26-23(28)30)19-12-24-22-20(13-25-29(22)16-19)18-7-3-2-4-8-18/h2-4,7-9,11-13,16-17H,5-6,10,14-15H2,1H3. The molecule has 1 saturated heterocycles. The molecule has 30 heavy (non-hydrogen) atoms. The maximum atomic E-state index is 12.6. The predicted octanol–water partition coefficient (Wildman–Crippen LogP) is 2.96. The molecule has 0 N–H and O–H groups in total. The highest BCUT2D eigenvalue weighted by molar-refractivity contribution is 5.77. The Morgan fingerprint density at radius 3 is 2.77 bits per heavy atom. The van der Waals surface area contributed by atoms with Crippen LogP contribution in [0.1, 0.15) is 12.8 Å². The number of fused-ring (bicyclic) bond motifs is 1. The van der Waals surface area contributed by atoms with Crippen molar-refractivity contribution in [2.24, 2.45) is 5.92 Å². The number of nitrogens with zero attached hydrogens (tertiary/aromatic N) is 6. The molecule has 3 aromatic heterocycles. The first-order chi connectivity index (χ1) is 14.7. The van der Waals surface area contributed by atoms with Crippen LogP contribution in [0.2, 0.25) is 0 Å². The molecule has 1 fully saturated rings. The Kier molecular flexibility index (Phi) is 4.88. The van der Waals surface area contributed by atoms with Gasteiger partial charge in [-0.25, -0.2) is 14.3 Å². The van der Waals surface area contributed by atoms with E-state index in [4.69, 9.17) is 0 Å². The molecule has 0 radical (unpaired) electrons. The van der Waals surface area contributed by atoms with Crippen LogP contribution in [0, 0.1) is 5.92 Å². The van der Waals surface area contributed by atoms with E-state index in [9.17, 15) is 4.79 Å². The molecule has 1 aliphatic heterocycles. The van der Waals surface area contributed by atoms with E-state index in [0.29, 0.717) is 18.2 Å². The quantitative estimate of drug-likeness (QED) is 0.527. The lowest BCUT2D eigenvalue weighted by Gasteiger charge is -2.29. The maximum Gasteiger partial charge on any atom is 0.348 e. The molecule has 1 aromatic carbocycles. The third-order valence-corrected chi connectivity index (χ3v) is 5.79. The molecule has 4 aromatic rings. The molecule has 0 bridgehead atoms. The van der Waals surface area contributed by atoms with Gasteiger partial charge in [-0.3, -0.25) is 4.57 Å². The monoisotopic (exact) mass is 400 g/mol. The number of benzene rings is 1. The average molecular weight is 400 g/mol. The summed E-state index contributed by atoms with van der Waals surface area (Å²) in [6.45, 7) is 2.88. The van der Waals surface area contributed by atoms with Crippen molar-refractivity contribution in [3.63, 3.8) is 0 Å². The van der Waals surface area contributed by atoms with Gasteiger partial charge in [0.1, 0.15) is 0 Å². The van der Waals surface area contributed by atoms with Gasteiger partial charge in [-0.15, -0.1) is 0 Å². The number of piperidine rings is 1. The van der Waals surface area contributed by atoms with Crippen LogP contribution in [0.5, 0.6) is 0 Å². The summed E-state index contributed by atoms with van der Waals surface area (Å²) >= 11 is 0. The SMILES string of the molecule is CN1CCCC(Cn2ccc(-c3cnc4c(-c5ccccc5)cnn4c3)nc2=O)C1. The van der Waals surface area contributed by atoms with Crippen LogP contribution in [0.4, 0.5) is 0 Å². The first-order valence-corrected chi connectivity index (χ1v) is 10.3. The van der Waals surface area contributed by atoms with Crippen molar-refractivity contribution in [3.05, 3.63) is 71.7 Å². The van der Waals surface area contributed by atoms with Crippen molar-refractivity contribution in [2.75, 3.05) is 20.1 Å². The maximum absolute atomic E-state index is 12.6. The Morgan fingerprint density at radius 1 is 1.10 bits per heavy atom. The van der Waals surface area contributed by atoms with Crippen LogP contribution in [0.15, 0.2) is 66.0 Å². The average Bonchev–Trinajstić information content (AvgIpc) is 3.19. The highest BCUT2D eigenvalue weighted by Gasteiger charge is 2.18. The van der Waals surface area contributed by atoms with E-state index in [2.05, 4.69) is 27.0 Å². The number of hydrogen-bond donors (Lipinski definition) is 0. The largest absolute Gasteiger partial charge is 0.348 e. The minimum absolute atomic E-state index is 0.216. The summed E-state index contributed by atoms with van der Waals surface area (Å²) < 4.78 is 3.46. The van der Waals surface area contributed by atoms with E-state index in [1.54, 1.807) is 15.3 Å². The first-order valence-electron chi connectivity index (χ1n) is 10.3. The van der Waals surface area contributed by atoms with Crippen molar-refractivity contribution >= 4 is 5.65 Å². The van der Waals surface area contributed by atoms with Gasteiger partial charge in [0.2, 0.25) is 0 Å². The second kappa shape index (κ2) is 7.84. The molecule has 1 atom stereocenters. The van der Waals surface area contributed by atoms with Crippen molar-refractivity contribution in [1.29, 1.82) is 0 Å². The van der Waals surface area contributed by atoms with Gasteiger partial charge in [0.05, 0.1) is 11.9 Å². The molecular weight excluding hydrogens is 376 g/mol. The summed E-state index contributed by atoms with van der Waals surface area (Å²) in [5.74, 6) is 0.493. The Balaban J connectivity index is 1.41. The predicted molar refractivity (Wildman–Crippen MR) is 116 cm³/mol. The minimum Gasteiger partial charge on any atom is -0.306 e. The van der Waals surface area contributed by atoms with Crippen molar-refractivity contribution in [2.45, 2.75) is 19.4 Å². The van der Waals surface area contributed by atoms with Gasteiger partial charge < -0.3 is 4.90 Å². The summed E-state index contributed by atoms with van der Waals surface area (Å²) in [4.78, 5) is 23.9. The zero-order chi connectivity index (χ0) is 20.5. The number of rotatable bonds is 4. The molecule has 0 amide bonds. The highest BCUT2D eigenvalue weighted by Crippen LogP contribution is 2.24. The van der Waals surface area contributed by atoms with E-state index >= 15 is 0 Å². The zero-order valence-corrected chi connectivity index (χ0v) is 17.0. The molecule has 0 saturated carbocycles. The van der Waals surface area contributed by atoms with Gasteiger partial charge in [0, 0.05) is 42.8 Å². The van der Waals surface area contributed by atoms with Gasteiger partial charge in [-0.2, -0.15) is 10.1 Å². The topological polar surface area (TPSA) is 68.3 Å². The minimum atomic E-state index is -0.216. The van der Waals surface area contributed by atoms with Crippen LogP contribution < -0.4 is 5.69 Å². The van der Waals surface area contributed by atoms with Gasteiger partial charge in [0.15, 0.2) is 5.65 Å². The van der Waals surface area contributed by atoms with Gasteiger partial charge >= 0.3 is 5.69 Å². The van der Waals surface area contributed by atoms with Gasteiger partial charge in [0.25, 0.3) is 0 Å². The fraction of sp³-hybridized carbons (Fsp3) is 0.304. The van der Waals surface area contributed by atoms with Crippen LogP contribution in [0.3, 0.4) is 0 Å².